The molecule has 0 spiro atoms. The molecule has 0 bridgehead atoms. The zero-order valence-corrected chi connectivity index (χ0v) is 13.4. The molecule has 0 saturated carbocycles. The molecule has 0 aliphatic carbocycles. The summed E-state index contributed by atoms with van der Waals surface area (Å²) in [4.78, 5) is 2.21. The Morgan fingerprint density at radius 1 is 1.18 bits per heavy atom. The standard InChI is InChI=1S/C16H18ClN5/c1-12-13(9-18-19-12)10-21(2)11-15-7-8-22(20-15)16-5-3-14(17)4-6-16/h3-9H,10-11H2,1-2H3,(H,18,19). The van der Waals surface area contributed by atoms with Gasteiger partial charge in [-0.2, -0.15) is 10.2 Å². The number of H-pyrrole nitrogens is 1. The molecule has 3 aromatic rings. The molecule has 3 rings (SSSR count). The van der Waals surface area contributed by atoms with Crippen LogP contribution in [0.15, 0.2) is 42.7 Å². The van der Waals surface area contributed by atoms with Crippen molar-refractivity contribution in [3.8, 4) is 5.69 Å². The largest absolute Gasteiger partial charge is 0.296 e. The van der Waals surface area contributed by atoms with Crippen molar-refractivity contribution in [1.29, 1.82) is 0 Å². The van der Waals surface area contributed by atoms with E-state index in [2.05, 4.69) is 27.2 Å². The fourth-order valence-corrected chi connectivity index (χ4v) is 2.47. The van der Waals surface area contributed by atoms with Crippen molar-refractivity contribution in [3.05, 3.63) is 64.7 Å². The fourth-order valence-electron chi connectivity index (χ4n) is 2.34. The summed E-state index contributed by atoms with van der Waals surface area (Å²) in [5.41, 5.74) is 4.35. The number of aryl methyl sites for hydroxylation is 1. The lowest BCUT2D eigenvalue weighted by Gasteiger charge is -2.14. The molecule has 1 aromatic carbocycles. The Morgan fingerprint density at radius 3 is 2.64 bits per heavy atom. The van der Waals surface area contributed by atoms with Crippen molar-refractivity contribution in [2.24, 2.45) is 0 Å². The van der Waals surface area contributed by atoms with Crippen molar-refractivity contribution in [3.63, 3.8) is 0 Å². The van der Waals surface area contributed by atoms with E-state index in [1.54, 1.807) is 0 Å². The maximum Gasteiger partial charge on any atom is 0.0769 e. The van der Waals surface area contributed by atoms with Crippen LogP contribution in [-0.2, 0) is 13.1 Å². The van der Waals surface area contributed by atoms with Gasteiger partial charge in [0.05, 0.1) is 17.6 Å². The van der Waals surface area contributed by atoms with Crippen LogP contribution < -0.4 is 0 Å². The Bertz CT molecular complexity index is 744. The summed E-state index contributed by atoms with van der Waals surface area (Å²) in [5, 5.41) is 12.3. The van der Waals surface area contributed by atoms with Crippen LogP contribution in [0.25, 0.3) is 5.69 Å². The lowest BCUT2D eigenvalue weighted by atomic mass is 10.2. The summed E-state index contributed by atoms with van der Waals surface area (Å²) < 4.78 is 1.86. The second kappa shape index (κ2) is 6.34. The molecule has 6 heteroatoms. The van der Waals surface area contributed by atoms with Crippen LogP contribution in [-0.4, -0.2) is 31.9 Å². The van der Waals surface area contributed by atoms with E-state index in [1.807, 2.05) is 54.3 Å². The highest BCUT2D eigenvalue weighted by Crippen LogP contribution is 2.14. The average molecular weight is 316 g/mol. The van der Waals surface area contributed by atoms with Gasteiger partial charge in [-0.3, -0.25) is 10.00 Å². The fraction of sp³-hybridized carbons (Fsp3) is 0.250. The van der Waals surface area contributed by atoms with Crippen molar-refractivity contribution < 1.29 is 0 Å². The first-order valence-corrected chi connectivity index (χ1v) is 7.47. The summed E-state index contributed by atoms with van der Waals surface area (Å²) in [6, 6.07) is 9.68. The predicted molar refractivity (Wildman–Crippen MR) is 87.1 cm³/mol. The molecule has 1 N–H and O–H groups in total. The van der Waals surface area contributed by atoms with E-state index in [9.17, 15) is 0 Å². The third-order valence-electron chi connectivity index (χ3n) is 3.54. The molecule has 2 heterocycles. The lowest BCUT2D eigenvalue weighted by molar-refractivity contribution is 0.314. The van der Waals surface area contributed by atoms with Crippen molar-refractivity contribution >= 4 is 11.6 Å². The van der Waals surface area contributed by atoms with E-state index in [-0.39, 0.29) is 0 Å². The van der Waals surface area contributed by atoms with Gasteiger partial charge in [0.2, 0.25) is 0 Å². The van der Waals surface area contributed by atoms with Gasteiger partial charge in [0, 0.05) is 35.6 Å². The summed E-state index contributed by atoms with van der Waals surface area (Å²) in [7, 11) is 2.08. The van der Waals surface area contributed by atoms with Gasteiger partial charge in [0.15, 0.2) is 0 Å². The van der Waals surface area contributed by atoms with Gasteiger partial charge in [-0.25, -0.2) is 4.68 Å². The number of hydrogen-bond acceptors (Lipinski definition) is 3. The zero-order valence-electron chi connectivity index (χ0n) is 12.6. The van der Waals surface area contributed by atoms with Crippen LogP contribution in [0.4, 0.5) is 0 Å². The quantitative estimate of drug-likeness (QED) is 0.786. The highest BCUT2D eigenvalue weighted by molar-refractivity contribution is 6.30. The first-order chi connectivity index (χ1) is 10.6. The van der Waals surface area contributed by atoms with Crippen LogP contribution in [0.5, 0.6) is 0 Å². The Labute approximate surface area is 134 Å². The van der Waals surface area contributed by atoms with Crippen LogP contribution in [0.3, 0.4) is 0 Å². The SMILES string of the molecule is Cc1[nH]ncc1CN(C)Cc1ccn(-c2ccc(Cl)cc2)n1. The maximum absolute atomic E-state index is 5.91. The molecule has 0 fully saturated rings. The molecule has 5 nitrogen and oxygen atoms in total. The Morgan fingerprint density at radius 2 is 1.95 bits per heavy atom. The van der Waals surface area contributed by atoms with Crippen molar-refractivity contribution in [2.75, 3.05) is 7.05 Å². The molecule has 0 saturated heterocycles. The number of hydrogen-bond donors (Lipinski definition) is 1. The van der Waals surface area contributed by atoms with Crippen LogP contribution in [0.1, 0.15) is 17.0 Å². The molecular formula is C16H18ClN5. The number of aromatic amines is 1. The number of nitrogens with zero attached hydrogens (tertiary/aromatic N) is 4. The third kappa shape index (κ3) is 3.37. The minimum atomic E-state index is 0.728. The molecule has 2 aromatic heterocycles. The van der Waals surface area contributed by atoms with Crippen LogP contribution in [0, 0.1) is 6.92 Å². The van der Waals surface area contributed by atoms with Gasteiger partial charge in [-0.1, -0.05) is 11.6 Å². The Kier molecular flexibility index (Phi) is 4.27. The smallest absolute Gasteiger partial charge is 0.0769 e. The van der Waals surface area contributed by atoms with Crippen molar-refractivity contribution in [2.45, 2.75) is 20.0 Å². The van der Waals surface area contributed by atoms with Gasteiger partial charge in [0.1, 0.15) is 0 Å². The molecule has 22 heavy (non-hydrogen) atoms. The predicted octanol–water partition coefficient (Wildman–Crippen LogP) is 3.19. The summed E-state index contributed by atoms with van der Waals surface area (Å²) in [5.74, 6) is 0. The molecule has 0 amide bonds. The van der Waals surface area contributed by atoms with E-state index < -0.39 is 0 Å². The number of halogens is 1. The van der Waals surface area contributed by atoms with E-state index >= 15 is 0 Å². The lowest BCUT2D eigenvalue weighted by Crippen LogP contribution is -2.18. The molecule has 0 aliphatic heterocycles. The minimum Gasteiger partial charge on any atom is -0.296 e. The van der Waals surface area contributed by atoms with Crippen LogP contribution >= 0.6 is 11.6 Å². The Hall–Kier alpha value is -2.11. The summed E-state index contributed by atoms with van der Waals surface area (Å²) in [6.07, 6.45) is 3.84. The van der Waals surface area contributed by atoms with Gasteiger partial charge >= 0.3 is 0 Å². The number of rotatable bonds is 5. The molecule has 114 valence electrons. The van der Waals surface area contributed by atoms with Gasteiger partial charge < -0.3 is 0 Å². The highest BCUT2D eigenvalue weighted by Gasteiger charge is 2.08. The molecule has 0 radical (unpaired) electrons. The summed E-state index contributed by atoms with van der Waals surface area (Å²) in [6.45, 7) is 3.66. The number of nitrogens with one attached hydrogen (secondary N) is 1. The third-order valence-corrected chi connectivity index (χ3v) is 3.79. The topological polar surface area (TPSA) is 49.7 Å². The number of benzene rings is 1. The normalized spacial score (nSPS) is 11.3. The maximum atomic E-state index is 5.91. The zero-order chi connectivity index (χ0) is 15.5. The Balaban J connectivity index is 1.66. The highest BCUT2D eigenvalue weighted by atomic mass is 35.5. The average Bonchev–Trinajstić information content (AvgIpc) is 3.10. The summed E-state index contributed by atoms with van der Waals surface area (Å²) >= 11 is 5.91. The van der Waals surface area contributed by atoms with Gasteiger partial charge in [0.25, 0.3) is 0 Å². The van der Waals surface area contributed by atoms with E-state index in [1.165, 1.54) is 5.56 Å². The molecule has 0 unspecified atom stereocenters. The van der Waals surface area contributed by atoms with Gasteiger partial charge in [-0.05, 0) is 44.3 Å². The number of aromatic nitrogens is 4. The van der Waals surface area contributed by atoms with E-state index in [0.717, 1.165) is 35.2 Å². The first-order valence-electron chi connectivity index (χ1n) is 7.10. The van der Waals surface area contributed by atoms with Crippen molar-refractivity contribution in [1.82, 2.24) is 24.9 Å². The van der Waals surface area contributed by atoms with Gasteiger partial charge in [-0.15, -0.1) is 0 Å². The van der Waals surface area contributed by atoms with Crippen LogP contribution in [0.2, 0.25) is 5.02 Å². The molecular weight excluding hydrogens is 298 g/mol. The molecule has 0 aliphatic rings. The van der Waals surface area contributed by atoms with E-state index in [4.69, 9.17) is 11.6 Å². The second-order valence-corrected chi connectivity index (χ2v) is 5.86. The second-order valence-electron chi connectivity index (χ2n) is 5.42. The molecule has 0 atom stereocenters. The monoisotopic (exact) mass is 315 g/mol. The minimum absolute atomic E-state index is 0.728. The van der Waals surface area contributed by atoms with E-state index in [0.29, 0.717) is 0 Å². The first kappa shape index (κ1) is 14.8.